The lowest BCUT2D eigenvalue weighted by molar-refractivity contribution is -0.0815. The van der Waals surface area contributed by atoms with Crippen molar-refractivity contribution in [3.8, 4) is 0 Å². The van der Waals surface area contributed by atoms with E-state index < -0.39 is 24.2 Å². The predicted octanol–water partition coefficient (Wildman–Crippen LogP) is 7.37. The van der Waals surface area contributed by atoms with Gasteiger partial charge in [-0.25, -0.2) is 17.6 Å². The molecule has 0 heterocycles. The highest BCUT2D eigenvalue weighted by molar-refractivity contribution is 4.92. The van der Waals surface area contributed by atoms with Gasteiger partial charge in [0.15, 0.2) is 0 Å². The summed E-state index contributed by atoms with van der Waals surface area (Å²) >= 11 is 0. The minimum atomic E-state index is -2.50. The van der Waals surface area contributed by atoms with Gasteiger partial charge in [-0.15, -0.1) is 0 Å². The molecule has 0 bridgehead atoms. The third-order valence-corrected chi connectivity index (χ3v) is 8.14. The molecule has 3 aliphatic carbocycles. The third kappa shape index (κ3) is 4.24. The summed E-state index contributed by atoms with van der Waals surface area (Å²) in [5, 5.41) is 0. The van der Waals surface area contributed by atoms with Crippen molar-refractivity contribution in [3.63, 3.8) is 0 Å². The normalized spacial score (nSPS) is 45.5. The fraction of sp³-hybridized carbons (Fsp3) is 1.00. The lowest BCUT2D eigenvalue weighted by Crippen LogP contribution is -2.41. The average Bonchev–Trinajstić information content (AvgIpc) is 2.66. The van der Waals surface area contributed by atoms with Crippen molar-refractivity contribution in [2.24, 2.45) is 35.5 Å². The van der Waals surface area contributed by atoms with Gasteiger partial charge in [0.25, 0.3) is 5.92 Å². The van der Waals surface area contributed by atoms with Gasteiger partial charge >= 0.3 is 0 Å². The van der Waals surface area contributed by atoms with E-state index in [2.05, 4.69) is 0 Å². The smallest absolute Gasteiger partial charge is 0.244 e. The van der Waals surface area contributed by atoms with Crippen molar-refractivity contribution in [1.29, 1.82) is 0 Å². The molecule has 152 valence electrons. The van der Waals surface area contributed by atoms with Crippen LogP contribution in [-0.2, 0) is 0 Å². The number of alkyl halides is 4. The second-order valence-electron chi connectivity index (χ2n) is 9.51. The van der Waals surface area contributed by atoms with E-state index in [0.717, 1.165) is 51.4 Å². The number of halogens is 4. The van der Waals surface area contributed by atoms with Gasteiger partial charge in [-0.1, -0.05) is 13.8 Å². The third-order valence-electron chi connectivity index (χ3n) is 8.14. The lowest BCUT2D eigenvalue weighted by atomic mass is 9.64. The molecule has 3 saturated carbocycles. The van der Waals surface area contributed by atoms with E-state index >= 15 is 0 Å². The second-order valence-corrected chi connectivity index (χ2v) is 9.51. The molecule has 0 aromatic carbocycles. The molecule has 0 radical (unpaired) electrons. The Kier molecular flexibility index (Phi) is 6.60. The molecular weight excluding hydrogens is 340 g/mol. The summed E-state index contributed by atoms with van der Waals surface area (Å²) in [5.41, 5.74) is 0. The van der Waals surface area contributed by atoms with Crippen molar-refractivity contribution in [3.05, 3.63) is 0 Å². The second kappa shape index (κ2) is 8.39. The van der Waals surface area contributed by atoms with Crippen LogP contribution >= 0.6 is 0 Å². The standard InChI is InChI=1S/C22H36F4/c1-3-22(25,26)18-11-9-16(10-12-18)15-5-7-17(8-6-15)19-13-4-14(2)20(23)21(19)24/h14-21H,3-13H2,1-2H3. The van der Waals surface area contributed by atoms with Crippen LogP contribution in [0.1, 0.15) is 84.5 Å². The quantitative estimate of drug-likeness (QED) is 0.449. The van der Waals surface area contributed by atoms with E-state index in [1.165, 1.54) is 0 Å². The monoisotopic (exact) mass is 376 g/mol. The van der Waals surface area contributed by atoms with E-state index in [1.54, 1.807) is 6.92 Å². The molecule has 0 N–H and O–H groups in total. The van der Waals surface area contributed by atoms with Gasteiger partial charge in [0.1, 0.15) is 12.3 Å². The van der Waals surface area contributed by atoms with E-state index in [4.69, 9.17) is 0 Å². The molecule has 3 rings (SSSR count). The zero-order valence-corrected chi connectivity index (χ0v) is 16.4. The van der Waals surface area contributed by atoms with Crippen LogP contribution in [0.4, 0.5) is 17.6 Å². The maximum Gasteiger partial charge on any atom is 0.250 e. The summed E-state index contributed by atoms with van der Waals surface area (Å²) in [6.45, 7) is 3.41. The molecule has 0 aromatic rings. The minimum Gasteiger partial charge on any atom is -0.244 e. The van der Waals surface area contributed by atoms with E-state index in [9.17, 15) is 17.6 Å². The van der Waals surface area contributed by atoms with Crippen molar-refractivity contribution < 1.29 is 17.6 Å². The largest absolute Gasteiger partial charge is 0.250 e. The zero-order chi connectivity index (χ0) is 18.9. The van der Waals surface area contributed by atoms with Gasteiger partial charge in [0.2, 0.25) is 0 Å². The highest BCUT2D eigenvalue weighted by Gasteiger charge is 2.44. The van der Waals surface area contributed by atoms with Crippen molar-refractivity contribution in [2.45, 2.75) is 103 Å². The summed E-state index contributed by atoms with van der Waals surface area (Å²) in [4.78, 5) is 0. The Balaban J connectivity index is 1.46. The molecule has 26 heavy (non-hydrogen) atoms. The van der Waals surface area contributed by atoms with Crippen molar-refractivity contribution in [1.82, 2.24) is 0 Å². The number of hydrogen-bond acceptors (Lipinski definition) is 0. The molecule has 0 amide bonds. The summed E-state index contributed by atoms with van der Waals surface area (Å²) in [6, 6.07) is 0. The van der Waals surface area contributed by atoms with Gasteiger partial charge in [0.05, 0.1) is 0 Å². The molecule has 4 heteroatoms. The Morgan fingerprint density at radius 3 is 1.73 bits per heavy atom. The van der Waals surface area contributed by atoms with Crippen LogP contribution in [-0.4, -0.2) is 18.3 Å². The van der Waals surface area contributed by atoms with Gasteiger partial charge in [-0.3, -0.25) is 0 Å². The van der Waals surface area contributed by atoms with Crippen molar-refractivity contribution in [2.75, 3.05) is 0 Å². The Morgan fingerprint density at radius 1 is 0.692 bits per heavy atom. The van der Waals surface area contributed by atoms with Crippen LogP contribution in [0.5, 0.6) is 0 Å². The molecule has 0 aliphatic heterocycles. The van der Waals surface area contributed by atoms with Gasteiger partial charge in [-0.2, -0.15) is 0 Å². The average molecular weight is 377 g/mol. The van der Waals surface area contributed by atoms with Gasteiger partial charge in [0, 0.05) is 12.3 Å². The summed E-state index contributed by atoms with van der Waals surface area (Å²) in [5.74, 6) is -1.66. The lowest BCUT2D eigenvalue weighted by Gasteiger charge is -2.43. The molecular formula is C22H36F4. The first kappa shape index (κ1) is 20.5. The molecule has 0 saturated heterocycles. The maximum atomic E-state index is 14.5. The summed E-state index contributed by atoms with van der Waals surface area (Å²) < 4.78 is 56.3. The van der Waals surface area contributed by atoms with Gasteiger partial charge in [-0.05, 0) is 93.8 Å². The van der Waals surface area contributed by atoms with Crippen LogP contribution in [0.2, 0.25) is 0 Å². The Morgan fingerprint density at radius 2 is 1.19 bits per heavy atom. The Bertz CT molecular complexity index is 435. The molecule has 0 spiro atoms. The first-order valence-corrected chi connectivity index (χ1v) is 11.0. The van der Waals surface area contributed by atoms with Crippen LogP contribution in [0.15, 0.2) is 0 Å². The topological polar surface area (TPSA) is 0 Å². The SMILES string of the molecule is CCC(F)(F)C1CCC(C2CCC(C3CCC(C)C(F)C3F)CC2)CC1. The molecule has 0 aromatic heterocycles. The van der Waals surface area contributed by atoms with Crippen molar-refractivity contribution >= 4 is 0 Å². The summed E-state index contributed by atoms with van der Waals surface area (Å²) in [6.07, 6.45) is 6.34. The van der Waals surface area contributed by atoms with Gasteiger partial charge < -0.3 is 0 Å². The highest BCUT2D eigenvalue weighted by Crippen LogP contribution is 2.48. The molecule has 3 fully saturated rings. The van der Waals surface area contributed by atoms with Crippen LogP contribution in [0.3, 0.4) is 0 Å². The number of rotatable bonds is 4. The molecule has 4 unspecified atom stereocenters. The van der Waals surface area contributed by atoms with Crippen LogP contribution < -0.4 is 0 Å². The predicted molar refractivity (Wildman–Crippen MR) is 97.8 cm³/mol. The van der Waals surface area contributed by atoms with Crippen LogP contribution in [0, 0.1) is 35.5 Å². The molecule has 0 nitrogen and oxygen atoms in total. The maximum absolute atomic E-state index is 14.5. The number of hydrogen-bond donors (Lipinski definition) is 0. The van der Waals surface area contributed by atoms with Crippen LogP contribution in [0.25, 0.3) is 0 Å². The summed E-state index contributed by atoms with van der Waals surface area (Å²) in [7, 11) is 0. The first-order valence-electron chi connectivity index (χ1n) is 11.0. The molecule has 4 atom stereocenters. The Labute approximate surface area is 156 Å². The minimum absolute atomic E-state index is 0.0482. The van der Waals surface area contributed by atoms with E-state index in [0.29, 0.717) is 30.6 Å². The fourth-order valence-electron chi connectivity index (χ4n) is 6.17. The highest BCUT2D eigenvalue weighted by atomic mass is 19.3. The zero-order valence-electron chi connectivity index (χ0n) is 16.4. The van der Waals surface area contributed by atoms with E-state index in [1.807, 2.05) is 6.92 Å². The Hall–Kier alpha value is -0.280. The first-order chi connectivity index (χ1) is 12.3. The molecule has 3 aliphatic rings. The fourth-order valence-corrected chi connectivity index (χ4v) is 6.17. The van der Waals surface area contributed by atoms with E-state index in [-0.39, 0.29) is 18.3 Å².